The minimum Gasteiger partial charge on any atom is -0.450 e. The largest absolute Gasteiger partial charge is 0.507 e. The normalized spacial score (nSPS) is 20.7. The van der Waals surface area contributed by atoms with Crippen LogP contribution in [-0.4, -0.2) is 29.4 Å². The van der Waals surface area contributed by atoms with Crippen molar-refractivity contribution in [3.63, 3.8) is 0 Å². The standard InChI is InChI=1S/C11H13NO3/c1-12-7-9-5-3-2-4-8(9)6-10(12)15-11(13)14/h2-5,10H,6-7H2,1H3,(H,13,14). The first-order chi connectivity index (χ1) is 7.16. The third-order valence-corrected chi connectivity index (χ3v) is 2.66. The molecule has 0 bridgehead atoms. The molecule has 80 valence electrons. The Morgan fingerprint density at radius 1 is 1.47 bits per heavy atom. The van der Waals surface area contributed by atoms with Crippen LogP contribution in [-0.2, 0) is 17.7 Å². The summed E-state index contributed by atoms with van der Waals surface area (Å²) in [6, 6.07) is 8.02. The van der Waals surface area contributed by atoms with Crippen LogP contribution in [0.2, 0.25) is 0 Å². The van der Waals surface area contributed by atoms with Crippen molar-refractivity contribution in [2.75, 3.05) is 7.05 Å². The molecule has 0 amide bonds. The summed E-state index contributed by atoms with van der Waals surface area (Å²) in [5, 5.41) is 8.58. The van der Waals surface area contributed by atoms with Crippen molar-refractivity contribution < 1.29 is 14.6 Å². The summed E-state index contributed by atoms with van der Waals surface area (Å²) < 4.78 is 4.80. The Bertz CT molecular complexity index is 378. The fourth-order valence-electron chi connectivity index (χ4n) is 1.87. The molecule has 1 aromatic carbocycles. The lowest BCUT2D eigenvalue weighted by molar-refractivity contribution is -0.0328. The van der Waals surface area contributed by atoms with Crippen molar-refractivity contribution in [2.24, 2.45) is 0 Å². The third-order valence-electron chi connectivity index (χ3n) is 2.66. The van der Waals surface area contributed by atoms with Gasteiger partial charge in [0.2, 0.25) is 0 Å². The van der Waals surface area contributed by atoms with Crippen molar-refractivity contribution in [1.29, 1.82) is 0 Å². The minimum atomic E-state index is -1.22. The zero-order valence-electron chi connectivity index (χ0n) is 8.51. The predicted octanol–water partition coefficient (Wildman–Crippen LogP) is 1.70. The van der Waals surface area contributed by atoms with Crippen LogP contribution in [0.25, 0.3) is 0 Å². The van der Waals surface area contributed by atoms with E-state index in [4.69, 9.17) is 9.84 Å². The monoisotopic (exact) mass is 207 g/mol. The van der Waals surface area contributed by atoms with Gasteiger partial charge in [0.05, 0.1) is 0 Å². The molecule has 1 unspecified atom stereocenters. The van der Waals surface area contributed by atoms with Gasteiger partial charge in [0.25, 0.3) is 0 Å². The Labute approximate surface area is 88.1 Å². The average Bonchev–Trinajstić information content (AvgIpc) is 2.18. The van der Waals surface area contributed by atoms with Gasteiger partial charge < -0.3 is 9.84 Å². The molecule has 1 N–H and O–H groups in total. The summed E-state index contributed by atoms with van der Waals surface area (Å²) >= 11 is 0. The van der Waals surface area contributed by atoms with Crippen LogP contribution in [0.4, 0.5) is 4.79 Å². The average molecular weight is 207 g/mol. The SMILES string of the molecule is CN1Cc2ccccc2CC1OC(=O)O. The smallest absolute Gasteiger partial charge is 0.450 e. The van der Waals surface area contributed by atoms with Crippen LogP contribution in [0.3, 0.4) is 0 Å². The Morgan fingerprint density at radius 2 is 2.13 bits per heavy atom. The van der Waals surface area contributed by atoms with Gasteiger partial charge >= 0.3 is 6.16 Å². The molecule has 2 rings (SSSR count). The number of rotatable bonds is 1. The van der Waals surface area contributed by atoms with Crippen LogP contribution < -0.4 is 0 Å². The van der Waals surface area contributed by atoms with Gasteiger partial charge in [-0.3, -0.25) is 4.90 Å². The maximum atomic E-state index is 10.5. The molecule has 1 aliphatic heterocycles. The molecule has 15 heavy (non-hydrogen) atoms. The van der Waals surface area contributed by atoms with Crippen molar-refractivity contribution in [1.82, 2.24) is 4.90 Å². The summed E-state index contributed by atoms with van der Waals surface area (Å²) in [6.45, 7) is 0.730. The maximum absolute atomic E-state index is 10.5. The second-order valence-electron chi connectivity index (χ2n) is 3.73. The maximum Gasteiger partial charge on any atom is 0.507 e. The number of nitrogens with zero attached hydrogens (tertiary/aromatic N) is 1. The van der Waals surface area contributed by atoms with Gasteiger partial charge in [-0.2, -0.15) is 0 Å². The van der Waals surface area contributed by atoms with Crippen molar-refractivity contribution in [2.45, 2.75) is 19.2 Å². The number of ether oxygens (including phenoxy) is 1. The highest BCUT2D eigenvalue weighted by molar-refractivity contribution is 5.57. The summed E-state index contributed by atoms with van der Waals surface area (Å²) in [5.74, 6) is 0. The summed E-state index contributed by atoms with van der Waals surface area (Å²) in [4.78, 5) is 12.4. The molecule has 0 saturated carbocycles. The first kappa shape index (κ1) is 9.98. The van der Waals surface area contributed by atoms with E-state index in [0.717, 1.165) is 6.54 Å². The number of fused-ring (bicyclic) bond motifs is 1. The van der Waals surface area contributed by atoms with E-state index in [2.05, 4.69) is 6.07 Å². The summed E-state index contributed by atoms with van der Waals surface area (Å²) in [6.07, 6.45) is -0.956. The van der Waals surface area contributed by atoms with Gasteiger partial charge in [-0.05, 0) is 18.2 Å². The topological polar surface area (TPSA) is 49.8 Å². The second kappa shape index (κ2) is 3.90. The lowest BCUT2D eigenvalue weighted by Gasteiger charge is -2.32. The van der Waals surface area contributed by atoms with Crippen LogP contribution in [0.15, 0.2) is 24.3 Å². The lowest BCUT2D eigenvalue weighted by atomic mass is 9.99. The van der Waals surface area contributed by atoms with E-state index in [0.29, 0.717) is 6.42 Å². The van der Waals surface area contributed by atoms with E-state index in [1.165, 1.54) is 11.1 Å². The molecule has 1 heterocycles. The number of benzene rings is 1. The number of carboxylic acid groups (broad SMARTS) is 1. The molecule has 0 aromatic heterocycles. The van der Waals surface area contributed by atoms with E-state index < -0.39 is 6.16 Å². The van der Waals surface area contributed by atoms with Gasteiger partial charge in [-0.15, -0.1) is 0 Å². The quantitative estimate of drug-likeness (QED) is 0.712. The van der Waals surface area contributed by atoms with E-state index in [1.54, 1.807) is 0 Å². The van der Waals surface area contributed by atoms with Gasteiger partial charge in [-0.25, -0.2) is 4.79 Å². The van der Waals surface area contributed by atoms with E-state index in [1.807, 2.05) is 30.1 Å². The first-order valence-corrected chi connectivity index (χ1v) is 4.83. The Kier molecular flexibility index (Phi) is 2.60. The molecule has 1 atom stereocenters. The fraction of sp³-hybridized carbons (Fsp3) is 0.364. The molecule has 0 aliphatic carbocycles. The number of hydrogen-bond donors (Lipinski definition) is 1. The first-order valence-electron chi connectivity index (χ1n) is 4.83. The number of carbonyl (C=O) groups is 1. The molecular weight excluding hydrogens is 194 g/mol. The van der Waals surface area contributed by atoms with Crippen molar-refractivity contribution in [3.05, 3.63) is 35.4 Å². The third kappa shape index (κ3) is 2.10. The van der Waals surface area contributed by atoms with Crippen LogP contribution in [0.5, 0.6) is 0 Å². The Hall–Kier alpha value is -1.55. The molecule has 0 saturated heterocycles. The van der Waals surface area contributed by atoms with Gasteiger partial charge in [0.15, 0.2) is 6.23 Å². The van der Waals surface area contributed by atoms with E-state index in [-0.39, 0.29) is 6.23 Å². The van der Waals surface area contributed by atoms with E-state index >= 15 is 0 Å². The van der Waals surface area contributed by atoms with Crippen LogP contribution >= 0.6 is 0 Å². The zero-order valence-corrected chi connectivity index (χ0v) is 8.51. The molecular formula is C11H13NO3. The van der Waals surface area contributed by atoms with Crippen LogP contribution in [0, 0.1) is 0 Å². The zero-order chi connectivity index (χ0) is 10.8. The summed E-state index contributed by atoms with van der Waals surface area (Å²) in [7, 11) is 1.86. The molecule has 0 spiro atoms. The fourth-order valence-corrected chi connectivity index (χ4v) is 1.87. The number of hydrogen-bond acceptors (Lipinski definition) is 3. The molecule has 1 aliphatic rings. The van der Waals surface area contributed by atoms with Gasteiger partial charge in [-0.1, -0.05) is 24.3 Å². The molecule has 1 aromatic rings. The van der Waals surface area contributed by atoms with Crippen molar-refractivity contribution >= 4 is 6.16 Å². The molecule has 0 fully saturated rings. The molecule has 0 radical (unpaired) electrons. The molecule has 4 nitrogen and oxygen atoms in total. The minimum absolute atomic E-state index is 0.364. The Morgan fingerprint density at radius 3 is 2.80 bits per heavy atom. The van der Waals surface area contributed by atoms with Crippen molar-refractivity contribution in [3.8, 4) is 0 Å². The second-order valence-corrected chi connectivity index (χ2v) is 3.73. The highest BCUT2D eigenvalue weighted by Gasteiger charge is 2.25. The van der Waals surface area contributed by atoms with Crippen LogP contribution in [0.1, 0.15) is 11.1 Å². The number of likely N-dealkylation sites (N-methyl/N-ethyl adjacent to an activating group) is 1. The van der Waals surface area contributed by atoms with Gasteiger partial charge in [0, 0.05) is 13.0 Å². The lowest BCUT2D eigenvalue weighted by Crippen LogP contribution is -2.40. The highest BCUT2D eigenvalue weighted by atomic mass is 16.7. The Balaban J connectivity index is 2.18. The predicted molar refractivity (Wildman–Crippen MR) is 54.5 cm³/mol. The molecule has 4 heteroatoms. The summed E-state index contributed by atoms with van der Waals surface area (Å²) in [5.41, 5.74) is 2.41. The van der Waals surface area contributed by atoms with Gasteiger partial charge in [0.1, 0.15) is 0 Å². The van der Waals surface area contributed by atoms with E-state index in [9.17, 15) is 4.79 Å². The highest BCUT2D eigenvalue weighted by Crippen LogP contribution is 2.22.